The third kappa shape index (κ3) is 5.93. The van der Waals surface area contributed by atoms with Gasteiger partial charge in [-0.2, -0.15) is 0 Å². The van der Waals surface area contributed by atoms with Crippen LogP contribution in [0.15, 0.2) is 72.8 Å². The van der Waals surface area contributed by atoms with Crippen LogP contribution in [0.2, 0.25) is 0 Å². The van der Waals surface area contributed by atoms with Gasteiger partial charge in [0.1, 0.15) is 5.75 Å². The molecule has 172 valence electrons. The molecule has 0 fully saturated rings. The number of anilines is 1. The van der Waals surface area contributed by atoms with Crippen LogP contribution in [0.1, 0.15) is 28.3 Å². The van der Waals surface area contributed by atoms with Crippen LogP contribution < -0.4 is 15.0 Å². The maximum Gasteiger partial charge on any atom is 0.258 e. The Morgan fingerprint density at radius 2 is 1.70 bits per heavy atom. The second-order valence-electron chi connectivity index (χ2n) is 8.90. The molecule has 1 atom stereocenters. The van der Waals surface area contributed by atoms with Crippen LogP contribution in [-0.4, -0.2) is 44.6 Å². The Balaban J connectivity index is 1.44. The Kier molecular flexibility index (Phi) is 7.30. The number of aryl methyl sites for hydroxylation is 1. The van der Waals surface area contributed by atoms with Crippen molar-refractivity contribution in [2.75, 3.05) is 38.7 Å². The van der Waals surface area contributed by atoms with Gasteiger partial charge < -0.3 is 15.0 Å². The molecule has 0 saturated heterocycles. The summed E-state index contributed by atoms with van der Waals surface area (Å²) < 4.78 is 5.66. The van der Waals surface area contributed by atoms with E-state index in [1.165, 1.54) is 16.7 Å². The third-order valence-electron chi connectivity index (χ3n) is 6.28. The summed E-state index contributed by atoms with van der Waals surface area (Å²) in [6.07, 6.45) is 1.02. The predicted molar refractivity (Wildman–Crippen MR) is 134 cm³/mol. The van der Waals surface area contributed by atoms with E-state index in [0.29, 0.717) is 12.3 Å². The Morgan fingerprint density at radius 1 is 1.00 bits per heavy atom. The molecule has 33 heavy (non-hydrogen) atoms. The fourth-order valence-corrected chi connectivity index (χ4v) is 4.28. The maximum absolute atomic E-state index is 12.6. The summed E-state index contributed by atoms with van der Waals surface area (Å²) in [6, 6.07) is 25.1. The zero-order valence-electron chi connectivity index (χ0n) is 19.8. The van der Waals surface area contributed by atoms with E-state index in [0.717, 1.165) is 30.8 Å². The van der Waals surface area contributed by atoms with E-state index >= 15 is 0 Å². The molecule has 1 aliphatic rings. The van der Waals surface area contributed by atoms with Crippen LogP contribution in [0.4, 0.5) is 5.69 Å². The highest BCUT2D eigenvalue weighted by Crippen LogP contribution is 2.28. The SMILES string of the molecule is Cc1ccc(OCC(=O)NCC(c2ccc(N(C)C)cc2)N2CCc3ccccc3C2)cc1. The molecule has 1 N–H and O–H groups in total. The van der Waals surface area contributed by atoms with Gasteiger partial charge in [0.2, 0.25) is 0 Å². The molecular formula is C28H33N3O2. The smallest absolute Gasteiger partial charge is 0.258 e. The number of nitrogens with one attached hydrogen (secondary N) is 1. The minimum Gasteiger partial charge on any atom is -0.484 e. The molecule has 0 saturated carbocycles. The van der Waals surface area contributed by atoms with E-state index in [4.69, 9.17) is 4.74 Å². The van der Waals surface area contributed by atoms with Crippen molar-refractivity contribution in [2.45, 2.75) is 25.9 Å². The van der Waals surface area contributed by atoms with Crippen LogP contribution in [0.25, 0.3) is 0 Å². The van der Waals surface area contributed by atoms with E-state index in [9.17, 15) is 4.79 Å². The van der Waals surface area contributed by atoms with Crippen LogP contribution in [-0.2, 0) is 17.8 Å². The highest BCUT2D eigenvalue weighted by molar-refractivity contribution is 5.77. The molecule has 5 nitrogen and oxygen atoms in total. The summed E-state index contributed by atoms with van der Waals surface area (Å²) in [6.45, 7) is 4.43. The summed E-state index contributed by atoms with van der Waals surface area (Å²) >= 11 is 0. The number of benzene rings is 3. The zero-order chi connectivity index (χ0) is 23.2. The molecule has 0 spiro atoms. The number of ether oxygens (including phenoxy) is 1. The first-order valence-electron chi connectivity index (χ1n) is 11.5. The number of hydrogen-bond acceptors (Lipinski definition) is 4. The van der Waals surface area contributed by atoms with Gasteiger partial charge in [-0.1, -0.05) is 54.1 Å². The Morgan fingerprint density at radius 3 is 2.39 bits per heavy atom. The van der Waals surface area contributed by atoms with E-state index in [1.54, 1.807) is 0 Å². The van der Waals surface area contributed by atoms with Gasteiger partial charge in [0.15, 0.2) is 6.61 Å². The molecule has 3 aromatic rings. The number of carbonyl (C=O) groups is 1. The summed E-state index contributed by atoms with van der Waals surface area (Å²) in [4.78, 5) is 17.1. The molecule has 4 rings (SSSR count). The monoisotopic (exact) mass is 443 g/mol. The van der Waals surface area contributed by atoms with E-state index in [2.05, 4.69) is 63.6 Å². The summed E-state index contributed by atoms with van der Waals surface area (Å²) in [5.74, 6) is 0.599. The lowest BCUT2D eigenvalue weighted by molar-refractivity contribution is -0.123. The van der Waals surface area contributed by atoms with Gasteiger partial charge in [0.25, 0.3) is 5.91 Å². The van der Waals surface area contributed by atoms with Gasteiger partial charge in [0, 0.05) is 39.4 Å². The highest BCUT2D eigenvalue weighted by atomic mass is 16.5. The van der Waals surface area contributed by atoms with Crippen LogP contribution in [0.3, 0.4) is 0 Å². The number of rotatable bonds is 8. The zero-order valence-corrected chi connectivity index (χ0v) is 19.8. The van der Waals surface area contributed by atoms with Crippen molar-refractivity contribution in [1.82, 2.24) is 10.2 Å². The third-order valence-corrected chi connectivity index (χ3v) is 6.28. The van der Waals surface area contributed by atoms with Crippen molar-refractivity contribution < 1.29 is 9.53 Å². The van der Waals surface area contributed by atoms with Crippen LogP contribution in [0.5, 0.6) is 5.75 Å². The molecular weight excluding hydrogens is 410 g/mol. The van der Waals surface area contributed by atoms with Gasteiger partial charge in [-0.05, 0) is 54.3 Å². The van der Waals surface area contributed by atoms with Crippen molar-refractivity contribution in [1.29, 1.82) is 0 Å². The van der Waals surface area contributed by atoms with Gasteiger partial charge in [0.05, 0.1) is 6.04 Å². The average Bonchev–Trinajstić information content (AvgIpc) is 2.84. The van der Waals surface area contributed by atoms with Crippen molar-refractivity contribution >= 4 is 11.6 Å². The Labute approximate surface area is 197 Å². The quantitative estimate of drug-likeness (QED) is 0.562. The molecule has 0 aliphatic carbocycles. The summed E-state index contributed by atoms with van der Waals surface area (Å²) in [5, 5.41) is 3.11. The molecule has 1 aliphatic heterocycles. The first kappa shape index (κ1) is 22.9. The lowest BCUT2D eigenvalue weighted by Gasteiger charge is -2.36. The topological polar surface area (TPSA) is 44.8 Å². The van der Waals surface area contributed by atoms with Crippen molar-refractivity contribution in [3.05, 3.63) is 95.1 Å². The molecule has 1 heterocycles. The largest absolute Gasteiger partial charge is 0.484 e. The maximum atomic E-state index is 12.6. The van der Waals surface area contributed by atoms with E-state index in [-0.39, 0.29) is 18.6 Å². The molecule has 1 amide bonds. The number of amides is 1. The number of carbonyl (C=O) groups excluding carboxylic acids is 1. The lowest BCUT2D eigenvalue weighted by Crippen LogP contribution is -2.41. The number of fused-ring (bicyclic) bond motifs is 1. The minimum absolute atomic E-state index is 0.0121. The second-order valence-corrected chi connectivity index (χ2v) is 8.90. The number of nitrogens with zero attached hydrogens (tertiary/aromatic N) is 2. The van der Waals surface area contributed by atoms with Crippen molar-refractivity contribution in [3.8, 4) is 5.75 Å². The van der Waals surface area contributed by atoms with Gasteiger partial charge in [-0.15, -0.1) is 0 Å². The van der Waals surface area contributed by atoms with Crippen molar-refractivity contribution in [2.24, 2.45) is 0 Å². The standard InChI is InChI=1S/C28H33N3O2/c1-21-8-14-26(15-9-21)33-20-28(32)29-18-27(23-10-12-25(13-11-23)30(2)3)31-17-16-22-6-4-5-7-24(22)19-31/h4-15,27H,16-20H2,1-3H3,(H,29,32). The van der Waals surface area contributed by atoms with Crippen LogP contribution >= 0.6 is 0 Å². The van der Waals surface area contributed by atoms with Gasteiger partial charge >= 0.3 is 0 Å². The number of hydrogen-bond donors (Lipinski definition) is 1. The molecule has 1 unspecified atom stereocenters. The Hall–Kier alpha value is -3.31. The molecule has 0 radical (unpaired) electrons. The minimum atomic E-state index is -0.108. The van der Waals surface area contributed by atoms with E-state index in [1.807, 2.05) is 45.3 Å². The summed E-state index contributed by atoms with van der Waals surface area (Å²) in [7, 11) is 4.09. The van der Waals surface area contributed by atoms with Crippen LogP contribution in [0, 0.1) is 6.92 Å². The fourth-order valence-electron chi connectivity index (χ4n) is 4.28. The molecule has 5 heteroatoms. The predicted octanol–water partition coefficient (Wildman–Crippen LogP) is 4.36. The molecule has 3 aromatic carbocycles. The van der Waals surface area contributed by atoms with E-state index < -0.39 is 0 Å². The molecule has 0 aromatic heterocycles. The normalized spacial score (nSPS) is 14.3. The summed E-state index contributed by atoms with van der Waals surface area (Å²) in [5.41, 5.74) is 6.33. The molecule has 0 bridgehead atoms. The first-order valence-corrected chi connectivity index (χ1v) is 11.5. The van der Waals surface area contributed by atoms with Crippen molar-refractivity contribution in [3.63, 3.8) is 0 Å². The fraction of sp³-hybridized carbons (Fsp3) is 0.321. The van der Waals surface area contributed by atoms with Gasteiger partial charge in [-0.3, -0.25) is 9.69 Å². The Bertz CT molecular complexity index is 1060. The average molecular weight is 444 g/mol. The first-order chi connectivity index (χ1) is 16.0. The van der Waals surface area contributed by atoms with Gasteiger partial charge in [-0.25, -0.2) is 0 Å². The lowest BCUT2D eigenvalue weighted by atomic mass is 9.96. The highest BCUT2D eigenvalue weighted by Gasteiger charge is 2.25. The second kappa shape index (κ2) is 10.5.